The molecule has 0 amide bonds. The van der Waals surface area contributed by atoms with Gasteiger partial charge in [0.15, 0.2) is 0 Å². The van der Waals surface area contributed by atoms with Crippen molar-refractivity contribution in [2.45, 2.75) is 24.7 Å². The number of fused-ring (bicyclic) bond motifs is 1. The summed E-state index contributed by atoms with van der Waals surface area (Å²) in [7, 11) is 1.69. The standard InChI is InChI=1S/C12H14O3/c1-13-9-5-3-2-4-8(9)10-6-11-12(15-11)7-14-10/h2-5,10-12H,6-7H2,1H3/t10-,11+,12-/m0/s1. The number of ether oxygens (including phenoxy) is 3. The van der Waals surface area contributed by atoms with Gasteiger partial charge in [0, 0.05) is 12.0 Å². The topological polar surface area (TPSA) is 31.0 Å². The van der Waals surface area contributed by atoms with Crippen LogP contribution in [0.25, 0.3) is 0 Å². The number of rotatable bonds is 2. The van der Waals surface area contributed by atoms with Crippen molar-refractivity contribution >= 4 is 0 Å². The molecule has 15 heavy (non-hydrogen) atoms. The Bertz CT molecular complexity index is 364. The van der Waals surface area contributed by atoms with E-state index in [4.69, 9.17) is 14.2 Å². The van der Waals surface area contributed by atoms with E-state index in [2.05, 4.69) is 6.07 Å². The number of hydrogen-bond donors (Lipinski definition) is 0. The first-order chi connectivity index (χ1) is 7.38. The molecular formula is C12H14O3. The average molecular weight is 206 g/mol. The van der Waals surface area contributed by atoms with Crippen molar-refractivity contribution in [3.8, 4) is 5.75 Å². The minimum absolute atomic E-state index is 0.130. The van der Waals surface area contributed by atoms with Gasteiger partial charge in [0.2, 0.25) is 0 Å². The molecule has 0 bridgehead atoms. The summed E-state index contributed by atoms with van der Waals surface area (Å²) in [6, 6.07) is 8.02. The summed E-state index contributed by atoms with van der Waals surface area (Å²) in [5.74, 6) is 0.904. The Kier molecular flexibility index (Phi) is 2.15. The maximum absolute atomic E-state index is 5.76. The first-order valence-electron chi connectivity index (χ1n) is 5.28. The summed E-state index contributed by atoms with van der Waals surface area (Å²) in [5, 5.41) is 0. The summed E-state index contributed by atoms with van der Waals surface area (Å²) >= 11 is 0. The van der Waals surface area contributed by atoms with Gasteiger partial charge in [-0.2, -0.15) is 0 Å². The van der Waals surface area contributed by atoms with Crippen LogP contribution in [0.15, 0.2) is 24.3 Å². The normalized spacial score (nSPS) is 33.3. The van der Waals surface area contributed by atoms with Crippen molar-refractivity contribution in [3.05, 3.63) is 29.8 Å². The fraction of sp³-hybridized carbons (Fsp3) is 0.500. The second-order valence-corrected chi connectivity index (χ2v) is 4.01. The number of benzene rings is 1. The van der Waals surface area contributed by atoms with Crippen LogP contribution in [0.5, 0.6) is 5.75 Å². The summed E-state index contributed by atoms with van der Waals surface area (Å²) < 4.78 is 16.5. The third kappa shape index (κ3) is 1.62. The van der Waals surface area contributed by atoms with E-state index in [1.165, 1.54) is 0 Å². The maximum atomic E-state index is 5.76. The van der Waals surface area contributed by atoms with Crippen LogP contribution >= 0.6 is 0 Å². The molecule has 0 spiro atoms. The lowest BCUT2D eigenvalue weighted by Gasteiger charge is -2.22. The van der Waals surface area contributed by atoms with Gasteiger partial charge in [0.05, 0.1) is 25.9 Å². The second kappa shape index (κ2) is 3.51. The third-order valence-electron chi connectivity index (χ3n) is 3.08. The van der Waals surface area contributed by atoms with E-state index in [-0.39, 0.29) is 6.10 Å². The van der Waals surface area contributed by atoms with Crippen LogP contribution in [-0.2, 0) is 9.47 Å². The zero-order chi connectivity index (χ0) is 10.3. The van der Waals surface area contributed by atoms with Gasteiger partial charge < -0.3 is 14.2 Å². The zero-order valence-corrected chi connectivity index (χ0v) is 8.68. The van der Waals surface area contributed by atoms with Crippen LogP contribution in [-0.4, -0.2) is 25.9 Å². The molecule has 1 aromatic rings. The number of hydrogen-bond acceptors (Lipinski definition) is 3. The van der Waals surface area contributed by atoms with Gasteiger partial charge in [0.1, 0.15) is 11.9 Å². The van der Waals surface area contributed by atoms with Gasteiger partial charge >= 0.3 is 0 Å². The average Bonchev–Trinajstić information content (AvgIpc) is 3.07. The molecule has 2 aliphatic rings. The quantitative estimate of drug-likeness (QED) is 0.693. The predicted molar refractivity (Wildman–Crippen MR) is 55.0 cm³/mol. The van der Waals surface area contributed by atoms with E-state index in [9.17, 15) is 0 Å². The first-order valence-corrected chi connectivity index (χ1v) is 5.28. The minimum Gasteiger partial charge on any atom is -0.496 e. The summed E-state index contributed by atoms with van der Waals surface area (Å²) in [4.78, 5) is 0. The molecule has 0 saturated carbocycles. The van der Waals surface area contributed by atoms with Crippen LogP contribution in [0.3, 0.4) is 0 Å². The van der Waals surface area contributed by atoms with E-state index in [0.717, 1.165) is 17.7 Å². The van der Waals surface area contributed by atoms with Crippen LogP contribution in [0.4, 0.5) is 0 Å². The Morgan fingerprint density at radius 3 is 2.93 bits per heavy atom. The van der Waals surface area contributed by atoms with Gasteiger partial charge in [0.25, 0.3) is 0 Å². The Hall–Kier alpha value is -1.06. The molecule has 2 heterocycles. The van der Waals surface area contributed by atoms with Crippen molar-refractivity contribution < 1.29 is 14.2 Å². The second-order valence-electron chi connectivity index (χ2n) is 4.01. The van der Waals surface area contributed by atoms with E-state index >= 15 is 0 Å². The van der Waals surface area contributed by atoms with Crippen LogP contribution in [0, 0.1) is 0 Å². The van der Waals surface area contributed by atoms with Gasteiger partial charge in [-0.25, -0.2) is 0 Å². The Morgan fingerprint density at radius 2 is 2.13 bits per heavy atom. The minimum atomic E-state index is 0.130. The molecule has 0 aromatic heterocycles. The van der Waals surface area contributed by atoms with Crippen molar-refractivity contribution in [2.75, 3.05) is 13.7 Å². The number of para-hydroxylation sites is 1. The SMILES string of the molecule is COc1ccccc1[C@@H]1C[C@H]2O[C@H]2CO1. The first kappa shape index (κ1) is 9.19. The van der Waals surface area contributed by atoms with E-state index < -0.39 is 0 Å². The molecule has 0 unspecified atom stereocenters. The highest BCUT2D eigenvalue weighted by molar-refractivity contribution is 5.35. The largest absolute Gasteiger partial charge is 0.496 e. The van der Waals surface area contributed by atoms with Gasteiger partial charge in [-0.1, -0.05) is 18.2 Å². The summed E-state index contributed by atoms with van der Waals surface area (Å²) in [6.07, 6.45) is 1.85. The summed E-state index contributed by atoms with van der Waals surface area (Å²) in [5.41, 5.74) is 1.13. The maximum Gasteiger partial charge on any atom is 0.124 e. The zero-order valence-electron chi connectivity index (χ0n) is 8.68. The molecule has 1 aromatic carbocycles. The molecule has 2 saturated heterocycles. The number of epoxide rings is 1. The lowest BCUT2D eigenvalue weighted by molar-refractivity contribution is 0.0275. The highest BCUT2D eigenvalue weighted by Gasteiger charge is 2.45. The molecule has 80 valence electrons. The molecular weight excluding hydrogens is 192 g/mol. The van der Waals surface area contributed by atoms with Gasteiger partial charge in [-0.3, -0.25) is 0 Å². The highest BCUT2D eigenvalue weighted by atomic mass is 16.6. The Balaban J connectivity index is 1.84. The fourth-order valence-corrected chi connectivity index (χ4v) is 2.17. The molecule has 2 aliphatic heterocycles. The van der Waals surface area contributed by atoms with Crippen LogP contribution in [0.2, 0.25) is 0 Å². The molecule has 3 nitrogen and oxygen atoms in total. The van der Waals surface area contributed by atoms with Crippen molar-refractivity contribution in [3.63, 3.8) is 0 Å². The summed E-state index contributed by atoms with van der Waals surface area (Å²) in [6.45, 7) is 0.716. The monoisotopic (exact) mass is 206 g/mol. The third-order valence-corrected chi connectivity index (χ3v) is 3.08. The molecule has 0 aliphatic carbocycles. The van der Waals surface area contributed by atoms with Crippen LogP contribution in [0.1, 0.15) is 18.1 Å². The van der Waals surface area contributed by atoms with Crippen LogP contribution < -0.4 is 4.74 Å². The number of methoxy groups -OCH3 is 1. The Morgan fingerprint density at radius 1 is 1.27 bits per heavy atom. The predicted octanol–water partition coefficient (Wildman–Crippen LogP) is 1.92. The molecule has 3 heteroatoms. The Labute approximate surface area is 89.0 Å². The van der Waals surface area contributed by atoms with Crippen molar-refractivity contribution in [1.29, 1.82) is 0 Å². The molecule has 2 fully saturated rings. The molecule has 0 radical (unpaired) electrons. The van der Waals surface area contributed by atoms with Gasteiger partial charge in [-0.15, -0.1) is 0 Å². The lowest BCUT2D eigenvalue weighted by Crippen LogP contribution is -2.19. The van der Waals surface area contributed by atoms with Gasteiger partial charge in [-0.05, 0) is 6.07 Å². The molecule has 3 atom stereocenters. The fourth-order valence-electron chi connectivity index (χ4n) is 2.17. The van der Waals surface area contributed by atoms with E-state index in [1.54, 1.807) is 7.11 Å². The molecule has 3 rings (SSSR count). The van der Waals surface area contributed by atoms with E-state index in [0.29, 0.717) is 18.8 Å². The smallest absolute Gasteiger partial charge is 0.124 e. The molecule has 0 N–H and O–H groups in total. The lowest BCUT2D eigenvalue weighted by atomic mass is 10.0. The highest BCUT2D eigenvalue weighted by Crippen LogP contribution is 2.41. The van der Waals surface area contributed by atoms with Crippen molar-refractivity contribution in [1.82, 2.24) is 0 Å². The van der Waals surface area contributed by atoms with Crippen molar-refractivity contribution in [2.24, 2.45) is 0 Å². The van der Waals surface area contributed by atoms with E-state index in [1.807, 2.05) is 18.2 Å².